The van der Waals surface area contributed by atoms with E-state index < -0.39 is 71.4 Å². The molecule has 3 amide bonds. The zero-order chi connectivity index (χ0) is 38.2. The Hall–Kier alpha value is -2.87. The summed E-state index contributed by atoms with van der Waals surface area (Å²) in [6, 6.07) is 16.6. The maximum atomic E-state index is 14.4. The van der Waals surface area contributed by atoms with Crippen molar-refractivity contribution in [2.24, 2.45) is 5.92 Å². The summed E-state index contributed by atoms with van der Waals surface area (Å²) in [6.45, 7) is 14.6. The fraction of sp³-hybridized carbons (Fsp3) is 0.556. The van der Waals surface area contributed by atoms with Crippen molar-refractivity contribution < 1.29 is 33.1 Å². The molecule has 2 aromatic rings. The number of esters is 1. The molecule has 2 aromatic carbocycles. The second-order valence-corrected chi connectivity index (χ2v) is 21.8. The zero-order valence-electron chi connectivity index (χ0n) is 30.6. The summed E-state index contributed by atoms with van der Waals surface area (Å²) >= 11 is 17.3. The Kier molecular flexibility index (Phi) is 14.8. The zero-order valence-corrected chi connectivity index (χ0v) is 33.8. The molecule has 0 saturated carbocycles. The highest BCUT2D eigenvalue weighted by Crippen LogP contribution is 2.37. The number of hydrogen-bond acceptors (Lipinski definition) is 8. The van der Waals surface area contributed by atoms with Gasteiger partial charge in [0.15, 0.2) is 0 Å². The first-order valence-electron chi connectivity index (χ1n) is 17.0. The number of nitrogens with one attached hydrogen (secondary N) is 3. The van der Waals surface area contributed by atoms with Crippen LogP contribution in [0.1, 0.15) is 68.2 Å². The van der Waals surface area contributed by atoms with Gasteiger partial charge in [0.25, 0.3) is 14.2 Å². The fourth-order valence-electron chi connectivity index (χ4n) is 5.93. The van der Waals surface area contributed by atoms with Crippen LogP contribution in [0.15, 0.2) is 60.7 Å². The standard InChI is InChI=1S/C36H51Cl3N4O7Si/c1-24(2)29(41-33(47)50-34(3,4)5)30(44)40-28(31(45)43-21-15-20-27(42-43)32(46)48-23-36(37,38)39)22-49-51(35(6,7)8,25-16-11-9-12-17-25)26-18-13-10-14-19-26/h9-14,16-19,24,27-29,42H,15,20-23H2,1-8H3,(H,40,44)(H,41,47)/t27-,28-,29?/m0/s1. The number of benzene rings is 2. The number of nitrogens with zero attached hydrogens (tertiary/aromatic N) is 1. The van der Waals surface area contributed by atoms with Crippen LogP contribution in [-0.2, 0) is 28.3 Å². The molecule has 1 unspecified atom stereocenters. The molecular formula is C36H51Cl3N4O7Si. The third-order valence-corrected chi connectivity index (χ3v) is 13.6. The smallest absolute Gasteiger partial charge is 0.408 e. The van der Waals surface area contributed by atoms with E-state index in [1.165, 1.54) is 5.01 Å². The van der Waals surface area contributed by atoms with Crippen LogP contribution in [0.4, 0.5) is 4.79 Å². The van der Waals surface area contributed by atoms with Gasteiger partial charge in [0.2, 0.25) is 9.70 Å². The van der Waals surface area contributed by atoms with E-state index in [9.17, 15) is 19.2 Å². The number of carbonyl (C=O) groups is 4. The summed E-state index contributed by atoms with van der Waals surface area (Å²) in [4.78, 5) is 54.0. The molecule has 11 nitrogen and oxygen atoms in total. The SMILES string of the molecule is CC(C)C(NC(=O)OC(C)(C)C)C(=O)N[C@@H](CO[Si](c1ccccc1)(c1ccccc1)C(C)(C)C)C(=O)N1CCC[C@@H](C(=O)OCC(Cl)(Cl)Cl)N1. The van der Waals surface area contributed by atoms with Gasteiger partial charge in [-0.2, -0.15) is 0 Å². The van der Waals surface area contributed by atoms with Gasteiger partial charge in [-0.1, -0.05) is 130 Å². The third-order valence-electron chi connectivity index (χ3n) is 8.23. The molecule has 282 valence electrons. The monoisotopic (exact) mass is 784 g/mol. The Morgan fingerprint density at radius 1 is 0.902 bits per heavy atom. The lowest BCUT2D eigenvalue weighted by molar-refractivity contribution is -0.153. The van der Waals surface area contributed by atoms with E-state index >= 15 is 0 Å². The number of halogens is 3. The molecular weight excluding hydrogens is 735 g/mol. The molecule has 1 aliphatic rings. The molecule has 0 aromatic heterocycles. The highest BCUT2D eigenvalue weighted by atomic mass is 35.6. The molecule has 3 N–H and O–H groups in total. The molecule has 15 heteroatoms. The average Bonchev–Trinajstić information content (AvgIpc) is 3.04. The minimum absolute atomic E-state index is 0.213. The second kappa shape index (κ2) is 17.8. The lowest BCUT2D eigenvalue weighted by Gasteiger charge is -2.44. The Labute approximate surface area is 317 Å². The molecule has 1 saturated heterocycles. The van der Waals surface area contributed by atoms with Crippen LogP contribution in [0.3, 0.4) is 0 Å². The Bertz CT molecular complexity index is 1440. The highest BCUT2D eigenvalue weighted by molar-refractivity contribution is 6.99. The number of hydrazine groups is 1. The van der Waals surface area contributed by atoms with Crippen LogP contribution in [0.25, 0.3) is 0 Å². The molecule has 0 spiro atoms. The van der Waals surface area contributed by atoms with Gasteiger partial charge in [-0.15, -0.1) is 0 Å². The molecule has 51 heavy (non-hydrogen) atoms. The summed E-state index contributed by atoms with van der Waals surface area (Å²) < 4.78 is 15.9. The van der Waals surface area contributed by atoms with Gasteiger partial charge in [-0.05, 0) is 54.9 Å². The first-order chi connectivity index (χ1) is 23.6. The maximum absolute atomic E-state index is 14.4. The number of amides is 3. The first-order valence-corrected chi connectivity index (χ1v) is 20.0. The normalized spacial score (nSPS) is 16.9. The number of ether oxygens (including phenoxy) is 2. The van der Waals surface area contributed by atoms with Gasteiger partial charge in [0, 0.05) is 6.54 Å². The second-order valence-electron chi connectivity index (χ2n) is 14.9. The van der Waals surface area contributed by atoms with Crippen molar-refractivity contribution >= 4 is 77.4 Å². The van der Waals surface area contributed by atoms with Crippen molar-refractivity contribution in [2.75, 3.05) is 19.8 Å². The Balaban J connectivity index is 2.01. The van der Waals surface area contributed by atoms with Crippen molar-refractivity contribution in [1.82, 2.24) is 21.1 Å². The largest absolute Gasteiger partial charge is 0.460 e. The molecule has 0 aliphatic carbocycles. The van der Waals surface area contributed by atoms with Crippen molar-refractivity contribution in [3.05, 3.63) is 60.7 Å². The summed E-state index contributed by atoms with van der Waals surface area (Å²) in [6.07, 6.45) is 0.0571. The van der Waals surface area contributed by atoms with Gasteiger partial charge in [0.05, 0.1) is 6.61 Å². The summed E-state index contributed by atoms with van der Waals surface area (Å²) in [5, 5.41) is 8.36. The van der Waals surface area contributed by atoms with E-state index in [0.29, 0.717) is 12.8 Å². The van der Waals surface area contributed by atoms with Crippen LogP contribution in [0, 0.1) is 5.92 Å². The predicted octanol–water partition coefficient (Wildman–Crippen LogP) is 5.01. The quantitative estimate of drug-likeness (QED) is 0.156. The van der Waals surface area contributed by atoms with Gasteiger partial charge < -0.3 is 24.5 Å². The minimum Gasteiger partial charge on any atom is -0.460 e. The molecule has 1 heterocycles. The molecule has 3 atom stereocenters. The van der Waals surface area contributed by atoms with Crippen LogP contribution in [0.2, 0.25) is 5.04 Å². The topological polar surface area (TPSA) is 135 Å². The van der Waals surface area contributed by atoms with Crippen LogP contribution >= 0.6 is 34.8 Å². The summed E-state index contributed by atoms with van der Waals surface area (Å²) in [5.41, 5.74) is 2.15. The molecule has 0 bridgehead atoms. The molecule has 3 rings (SSSR count). The van der Waals surface area contributed by atoms with Crippen LogP contribution in [0.5, 0.6) is 0 Å². The van der Waals surface area contributed by atoms with Crippen LogP contribution < -0.4 is 26.4 Å². The minimum atomic E-state index is -3.16. The fourth-order valence-corrected chi connectivity index (χ4v) is 10.7. The van der Waals surface area contributed by atoms with Crippen LogP contribution in [-0.4, -0.2) is 84.5 Å². The maximum Gasteiger partial charge on any atom is 0.408 e. The Morgan fingerprint density at radius 2 is 1.45 bits per heavy atom. The van der Waals surface area contributed by atoms with Gasteiger partial charge >= 0.3 is 12.1 Å². The van der Waals surface area contributed by atoms with Gasteiger partial charge in [-0.3, -0.25) is 19.4 Å². The molecule has 1 fully saturated rings. The Morgan fingerprint density at radius 3 is 1.92 bits per heavy atom. The van der Waals surface area contributed by atoms with Crippen molar-refractivity contribution in [3.63, 3.8) is 0 Å². The summed E-state index contributed by atoms with van der Waals surface area (Å²) in [5.74, 6) is -2.20. The van der Waals surface area contributed by atoms with E-state index in [4.69, 9.17) is 48.7 Å². The number of rotatable bonds is 12. The molecule has 0 radical (unpaired) electrons. The van der Waals surface area contributed by atoms with Crippen molar-refractivity contribution in [2.45, 2.75) is 101 Å². The lowest BCUT2D eigenvalue weighted by Crippen LogP contribution is -2.69. The number of alkyl halides is 3. The van der Waals surface area contributed by atoms with E-state index in [0.717, 1.165) is 10.4 Å². The third kappa shape index (κ3) is 12.1. The lowest BCUT2D eigenvalue weighted by atomic mass is 10.0. The van der Waals surface area contributed by atoms with Gasteiger partial charge in [0.1, 0.15) is 30.3 Å². The van der Waals surface area contributed by atoms with E-state index in [-0.39, 0.29) is 19.1 Å². The molecule has 1 aliphatic heterocycles. The van der Waals surface area contributed by atoms with E-state index in [2.05, 4.69) is 36.8 Å². The van der Waals surface area contributed by atoms with Crippen molar-refractivity contribution in [1.29, 1.82) is 0 Å². The first kappa shape index (κ1) is 42.5. The number of alkyl carbamates (subject to hydrolysis) is 1. The van der Waals surface area contributed by atoms with E-state index in [1.807, 2.05) is 60.7 Å². The summed E-state index contributed by atoms with van der Waals surface area (Å²) in [7, 11) is -3.16. The van der Waals surface area contributed by atoms with Gasteiger partial charge in [-0.25, -0.2) is 10.2 Å². The average molecular weight is 786 g/mol. The number of carbonyl (C=O) groups excluding carboxylic acids is 4. The highest BCUT2D eigenvalue weighted by Gasteiger charge is 2.51. The number of hydrogen-bond donors (Lipinski definition) is 3. The van der Waals surface area contributed by atoms with Crippen molar-refractivity contribution in [3.8, 4) is 0 Å². The predicted molar refractivity (Wildman–Crippen MR) is 203 cm³/mol. The van der Waals surface area contributed by atoms with E-state index in [1.54, 1.807) is 34.6 Å².